The standard InChI is InChI=1S/C26H36N8O6/c1-15(2)22(33-23(36)20(27)4-3-13-30-26(28)29)25(38)32-21(14-16-5-11-19(35)12-6-16)24(37)31-17-7-9-18(10-8-17)34(39)40/h5-12,15,20-22,35H,3-4,13-14,27H2,1-2H3,(H,31,37)(H,32,38)(H,33,36)(H4,28,29,30)/t20-,21+,22+/m1/s1. The van der Waals surface area contributed by atoms with Gasteiger partial charge in [0.15, 0.2) is 5.96 Å². The van der Waals surface area contributed by atoms with Gasteiger partial charge < -0.3 is 38.3 Å². The van der Waals surface area contributed by atoms with Gasteiger partial charge in [0.25, 0.3) is 5.69 Å². The van der Waals surface area contributed by atoms with E-state index in [1.165, 1.54) is 36.4 Å². The SMILES string of the molecule is CC(C)[C@H](NC(=O)[C@H](N)CCCN=C(N)N)C(=O)N[C@@H](Cc1ccc(O)cc1)C(=O)Nc1ccc([N+](=O)[O-])cc1. The van der Waals surface area contributed by atoms with Crippen LogP contribution in [0.25, 0.3) is 0 Å². The Bertz CT molecular complexity index is 1200. The number of nitro groups is 1. The van der Waals surface area contributed by atoms with E-state index in [2.05, 4.69) is 20.9 Å². The number of hydrogen-bond acceptors (Lipinski definition) is 8. The van der Waals surface area contributed by atoms with E-state index in [1.807, 2.05) is 0 Å². The molecule has 0 saturated carbocycles. The lowest BCUT2D eigenvalue weighted by Crippen LogP contribution is -2.57. The van der Waals surface area contributed by atoms with Crippen LogP contribution in [0.5, 0.6) is 5.75 Å². The molecule has 40 heavy (non-hydrogen) atoms. The van der Waals surface area contributed by atoms with Crippen LogP contribution >= 0.6 is 0 Å². The van der Waals surface area contributed by atoms with E-state index in [-0.39, 0.29) is 36.2 Å². The van der Waals surface area contributed by atoms with E-state index < -0.39 is 40.8 Å². The number of carbonyl (C=O) groups is 3. The molecule has 14 nitrogen and oxygen atoms in total. The molecule has 0 bridgehead atoms. The van der Waals surface area contributed by atoms with Gasteiger partial charge in [0.05, 0.1) is 11.0 Å². The summed E-state index contributed by atoms with van der Waals surface area (Å²) in [5, 5.41) is 28.5. The summed E-state index contributed by atoms with van der Waals surface area (Å²) < 4.78 is 0. The number of benzene rings is 2. The van der Waals surface area contributed by atoms with E-state index in [4.69, 9.17) is 17.2 Å². The fourth-order valence-corrected chi connectivity index (χ4v) is 3.68. The maximum Gasteiger partial charge on any atom is 0.269 e. The molecule has 2 rings (SSSR count). The number of non-ortho nitro benzene ring substituents is 1. The molecule has 0 heterocycles. The zero-order valence-electron chi connectivity index (χ0n) is 22.4. The summed E-state index contributed by atoms with van der Waals surface area (Å²) in [6.07, 6.45) is 0.812. The van der Waals surface area contributed by atoms with E-state index in [0.29, 0.717) is 24.2 Å². The largest absolute Gasteiger partial charge is 0.508 e. The Hall–Kier alpha value is -4.72. The first kappa shape index (κ1) is 31.5. The molecule has 0 fully saturated rings. The maximum atomic E-state index is 13.3. The van der Waals surface area contributed by atoms with Crippen molar-refractivity contribution < 1.29 is 24.4 Å². The Kier molecular flexibility index (Phi) is 11.8. The maximum absolute atomic E-state index is 13.3. The third-order valence-electron chi connectivity index (χ3n) is 5.91. The van der Waals surface area contributed by atoms with Crippen LogP contribution in [-0.4, -0.2) is 58.4 Å². The van der Waals surface area contributed by atoms with Crippen molar-refractivity contribution in [1.29, 1.82) is 0 Å². The topological polar surface area (TPSA) is 241 Å². The lowest BCUT2D eigenvalue weighted by Gasteiger charge is -2.26. The van der Waals surface area contributed by atoms with Crippen LogP contribution in [-0.2, 0) is 20.8 Å². The molecule has 0 aromatic heterocycles. The van der Waals surface area contributed by atoms with Crippen LogP contribution in [0.1, 0.15) is 32.3 Å². The van der Waals surface area contributed by atoms with Gasteiger partial charge in [0.1, 0.15) is 17.8 Å². The first-order chi connectivity index (χ1) is 18.9. The Balaban J connectivity index is 2.16. The summed E-state index contributed by atoms with van der Waals surface area (Å²) in [4.78, 5) is 53.4. The number of phenols is 1. The van der Waals surface area contributed by atoms with Gasteiger partial charge in [-0.3, -0.25) is 29.5 Å². The average molecular weight is 557 g/mol. The van der Waals surface area contributed by atoms with Crippen molar-refractivity contribution >= 4 is 35.1 Å². The third-order valence-corrected chi connectivity index (χ3v) is 5.91. The quantitative estimate of drug-likeness (QED) is 0.0562. The van der Waals surface area contributed by atoms with Crippen molar-refractivity contribution in [1.82, 2.24) is 10.6 Å². The zero-order chi connectivity index (χ0) is 29.8. The summed E-state index contributed by atoms with van der Waals surface area (Å²) in [5.41, 5.74) is 17.4. The molecule has 0 unspecified atom stereocenters. The molecular formula is C26H36N8O6. The number of guanidine groups is 1. The van der Waals surface area contributed by atoms with E-state index in [0.717, 1.165) is 0 Å². The number of rotatable bonds is 14. The molecular weight excluding hydrogens is 520 g/mol. The highest BCUT2D eigenvalue weighted by atomic mass is 16.6. The molecule has 0 saturated heterocycles. The van der Waals surface area contributed by atoms with Gasteiger partial charge in [-0.15, -0.1) is 0 Å². The van der Waals surface area contributed by atoms with E-state index >= 15 is 0 Å². The number of carbonyl (C=O) groups excluding carboxylic acids is 3. The van der Waals surface area contributed by atoms with E-state index in [9.17, 15) is 29.6 Å². The molecule has 2 aromatic carbocycles. The Labute approximate surface area is 231 Å². The number of hydrogen-bond donors (Lipinski definition) is 7. The minimum Gasteiger partial charge on any atom is -0.508 e. The van der Waals surface area contributed by atoms with Crippen molar-refractivity contribution in [2.24, 2.45) is 28.1 Å². The summed E-state index contributed by atoms with van der Waals surface area (Å²) >= 11 is 0. The molecule has 3 amide bonds. The van der Waals surface area contributed by atoms with Crippen LogP contribution in [0.4, 0.5) is 11.4 Å². The predicted molar refractivity (Wildman–Crippen MR) is 150 cm³/mol. The highest BCUT2D eigenvalue weighted by Gasteiger charge is 2.30. The zero-order valence-corrected chi connectivity index (χ0v) is 22.4. The van der Waals surface area contributed by atoms with Crippen LogP contribution in [0.15, 0.2) is 53.5 Å². The van der Waals surface area contributed by atoms with Gasteiger partial charge in [0.2, 0.25) is 17.7 Å². The molecule has 0 aliphatic carbocycles. The summed E-state index contributed by atoms with van der Waals surface area (Å²) in [6.45, 7) is 3.78. The van der Waals surface area contributed by atoms with Crippen LogP contribution in [0.3, 0.4) is 0 Å². The van der Waals surface area contributed by atoms with Crippen molar-refractivity contribution in [3.63, 3.8) is 0 Å². The Morgan fingerprint density at radius 3 is 2.15 bits per heavy atom. The first-order valence-electron chi connectivity index (χ1n) is 12.6. The number of nitrogens with one attached hydrogen (secondary N) is 3. The number of phenolic OH excluding ortho intramolecular Hbond substituents is 1. The predicted octanol–water partition coefficient (Wildman–Crippen LogP) is 0.488. The number of aliphatic imine (C=N–C) groups is 1. The minimum atomic E-state index is -1.08. The number of anilines is 1. The lowest BCUT2D eigenvalue weighted by molar-refractivity contribution is -0.384. The van der Waals surface area contributed by atoms with E-state index in [1.54, 1.807) is 26.0 Å². The second-order valence-corrected chi connectivity index (χ2v) is 9.51. The number of nitro benzene ring substituents is 1. The number of amides is 3. The summed E-state index contributed by atoms with van der Waals surface area (Å²) in [6, 6.07) is 8.38. The lowest BCUT2D eigenvalue weighted by atomic mass is 10.00. The molecule has 0 spiro atoms. The van der Waals surface area contributed by atoms with Crippen molar-refractivity contribution in [3.05, 3.63) is 64.2 Å². The Morgan fingerprint density at radius 1 is 0.975 bits per heavy atom. The molecule has 3 atom stereocenters. The molecule has 0 aliphatic rings. The van der Waals surface area contributed by atoms with Gasteiger partial charge in [0, 0.05) is 30.8 Å². The van der Waals surface area contributed by atoms with Gasteiger partial charge in [-0.2, -0.15) is 0 Å². The molecule has 2 aromatic rings. The monoisotopic (exact) mass is 556 g/mol. The van der Waals surface area contributed by atoms with Crippen molar-refractivity contribution in [3.8, 4) is 5.75 Å². The number of aromatic hydroxyl groups is 1. The normalized spacial score (nSPS) is 13.0. The summed E-state index contributed by atoms with van der Waals surface area (Å²) in [5.74, 6) is -2.08. The fourth-order valence-electron chi connectivity index (χ4n) is 3.68. The van der Waals surface area contributed by atoms with Crippen molar-refractivity contribution in [2.75, 3.05) is 11.9 Å². The fraction of sp³-hybridized carbons (Fsp3) is 0.385. The van der Waals surface area contributed by atoms with Gasteiger partial charge in [-0.25, -0.2) is 0 Å². The summed E-state index contributed by atoms with van der Waals surface area (Å²) in [7, 11) is 0. The smallest absolute Gasteiger partial charge is 0.269 e. The second kappa shape index (κ2) is 15.0. The molecule has 14 heteroatoms. The van der Waals surface area contributed by atoms with Crippen LogP contribution in [0, 0.1) is 16.0 Å². The molecule has 216 valence electrons. The highest BCUT2D eigenvalue weighted by molar-refractivity contribution is 5.99. The molecule has 0 radical (unpaired) electrons. The number of nitrogens with two attached hydrogens (primary N) is 3. The van der Waals surface area contributed by atoms with Gasteiger partial charge in [-0.1, -0.05) is 26.0 Å². The molecule has 10 N–H and O–H groups in total. The molecule has 0 aliphatic heterocycles. The van der Waals surface area contributed by atoms with Crippen LogP contribution in [0.2, 0.25) is 0 Å². The minimum absolute atomic E-state index is 0.0388. The van der Waals surface area contributed by atoms with Gasteiger partial charge >= 0.3 is 0 Å². The van der Waals surface area contributed by atoms with Crippen molar-refractivity contribution in [2.45, 2.75) is 51.2 Å². The Morgan fingerprint density at radius 2 is 1.60 bits per heavy atom. The third kappa shape index (κ3) is 10.2. The number of nitrogens with zero attached hydrogens (tertiary/aromatic N) is 2. The van der Waals surface area contributed by atoms with Gasteiger partial charge in [-0.05, 0) is 48.6 Å². The average Bonchev–Trinajstić information content (AvgIpc) is 2.90. The van der Waals surface area contributed by atoms with Crippen LogP contribution < -0.4 is 33.2 Å². The second-order valence-electron chi connectivity index (χ2n) is 9.51. The highest BCUT2D eigenvalue weighted by Crippen LogP contribution is 2.17. The first-order valence-corrected chi connectivity index (χ1v) is 12.6.